The average molecular weight is 395 g/mol. The Morgan fingerprint density at radius 1 is 1.10 bits per heavy atom. The first kappa shape index (κ1) is 18.0. The predicted octanol–water partition coefficient (Wildman–Crippen LogP) is 3.33. The Bertz CT molecular complexity index is 943. The number of hydrogen-bond donors (Lipinski definition) is 0. The van der Waals surface area contributed by atoms with Crippen LogP contribution in [0.4, 0.5) is 9.18 Å². The fraction of sp³-hybridized carbons (Fsp3) is 0.364. The van der Waals surface area contributed by atoms with Gasteiger partial charge in [0.25, 0.3) is 6.02 Å². The first-order chi connectivity index (χ1) is 14.2. The Morgan fingerprint density at radius 3 is 2.66 bits per heavy atom. The Morgan fingerprint density at radius 2 is 1.90 bits per heavy atom. The van der Waals surface area contributed by atoms with E-state index in [1.807, 2.05) is 12.1 Å². The van der Waals surface area contributed by atoms with Crippen LogP contribution in [0.15, 0.2) is 53.5 Å². The number of ether oxygens (including phenoxy) is 2. The summed E-state index contributed by atoms with van der Waals surface area (Å²) in [4.78, 5) is 20.3. The summed E-state index contributed by atoms with van der Waals surface area (Å²) < 4.78 is 24.8. The molecule has 3 aliphatic rings. The topological polar surface area (TPSA) is 54.4 Å². The third-order valence-corrected chi connectivity index (χ3v) is 5.68. The van der Waals surface area contributed by atoms with Gasteiger partial charge in [-0.3, -0.25) is 0 Å². The molecule has 3 aliphatic heterocycles. The zero-order valence-electron chi connectivity index (χ0n) is 16.0. The van der Waals surface area contributed by atoms with Crippen LogP contribution in [0.2, 0.25) is 0 Å². The van der Waals surface area contributed by atoms with Crippen LogP contribution in [0.25, 0.3) is 0 Å². The summed E-state index contributed by atoms with van der Waals surface area (Å²) in [7, 11) is 0. The summed E-state index contributed by atoms with van der Waals surface area (Å²) in [5.74, 6) is -0.267. The first-order valence-corrected chi connectivity index (χ1v) is 9.95. The smallest absolute Gasteiger partial charge is 0.411 e. The van der Waals surface area contributed by atoms with Gasteiger partial charge in [0.1, 0.15) is 12.4 Å². The van der Waals surface area contributed by atoms with Gasteiger partial charge in [-0.1, -0.05) is 36.4 Å². The van der Waals surface area contributed by atoms with Crippen molar-refractivity contribution >= 4 is 12.1 Å². The highest BCUT2D eigenvalue weighted by Gasteiger charge is 2.36. The van der Waals surface area contributed by atoms with E-state index in [1.54, 1.807) is 17.0 Å². The van der Waals surface area contributed by atoms with E-state index in [1.165, 1.54) is 17.7 Å². The molecule has 1 fully saturated rings. The highest BCUT2D eigenvalue weighted by Crippen LogP contribution is 2.36. The summed E-state index contributed by atoms with van der Waals surface area (Å²) in [5.41, 5.74) is 3.38. The summed E-state index contributed by atoms with van der Waals surface area (Å²) >= 11 is 0. The second-order valence-electron chi connectivity index (χ2n) is 7.50. The third kappa shape index (κ3) is 3.41. The number of halogens is 1. The number of benzene rings is 2. The Balaban J connectivity index is 1.43. The van der Waals surface area contributed by atoms with E-state index in [0.717, 1.165) is 37.1 Å². The van der Waals surface area contributed by atoms with Crippen molar-refractivity contribution in [3.8, 4) is 0 Å². The van der Waals surface area contributed by atoms with Crippen molar-refractivity contribution in [1.82, 2.24) is 9.80 Å². The zero-order valence-corrected chi connectivity index (χ0v) is 16.0. The lowest BCUT2D eigenvalue weighted by Crippen LogP contribution is -2.43. The molecule has 29 heavy (non-hydrogen) atoms. The summed E-state index contributed by atoms with van der Waals surface area (Å²) in [6, 6.07) is 15.1. The molecule has 2 aromatic carbocycles. The van der Waals surface area contributed by atoms with Crippen molar-refractivity contribution in [3.63, 3.8) is 0 Å². The van der Waals surface area contributed by atoms with Crippen LogP contribution >= 0.6 is 0 Å². The molecule has 0 N–H and O–H groups in total. The van der Waals surface area contributed by atoms with Gasteiger partial charge < -0.3 is 19.3 Å². The molecule has 150 valence electrons. The Labute approximate surface area is 168 Å². The van der Waals surface area contributed by atoms with Crippen LogP contribution in [-0.2, 0) is 15.9 Å². The molecule has 7 heteroatoms. The number of carbonyl (C=O) groups excluding carboxylic acids is 1. The minimum Gasteiger partial charge on any atom is -0.459 e. The second kappa shape index (κ2) is 7.39. The van der Waals surface area contributed by atoms with E-state index in [-0.39, 0.29) is 24.6 Å². The quantitative estimate of drug-likeness (QED) is 0.783. The summed E-state index contributed by atoms with van der Waals surface area (Å²) in [6.45, 7) is 2.39. The van der Waals surface area contributed by atoms with Crippen LogP contribution in [-0.4, -0.2) is 54.4 Å². The van der Waals surface area contributed by atoms with Gasteiger partial charge in [-0.15, -0.1) is 0 Å². The lowest BCUT2D eigenvalue weighted by atomic mass is 9.88. The molecular formula is C22H22FN3O3. The largest absolute Gasteiger partial charge is 0.459 e. The highest BCUT2D eigenvalue weighted by molar-refractivity contribution is 5.77. The molecule has 0 unspecified atom stereocenters. The molecule has 0 aromatic heterocycles. The second-order valence-corrected chi connectivity index (χ2v) is 7.50. The molecule has 0 radical (unpaired) electrons. The number of fused-ring (bicyclic) bond motifs is 1. The fourth-order valence-electron chi connectivity index (χ4n) is 4.03. The lowest BCUT2D eigenvalue weighted by molar-refractivity contribution is 0.0387. The number of hydrogen-bond acceptors (Lipinski definition) is 5. The number of carbonyl (C=O) groups is 1. The minimum absolute atomic E-state index is 0.135. The van der Waals surface area contributed by atoms with Crippen LogP contribution < -0.4 is 0 Å². The fourth-order valence-corrected chi connectivity index (χ4v) is 4.03. The van der Waals surface area contributed by atoms with Gasteiger partial charge >= 0.3 is 6.09 Å². The van der Waals surface area contributed by atoms with Crippen LogP contribution in [0.1, 0.15) is 29.2 Å². The van der Waals surface area contributed by atoms with Crippen LogP contribution in [0.5, 0.6) is 0 Å². The number of aliphatic imine (C=N–C) groups is 1. The minimum atomic E-state index is -0.635. The van der Waals surface area contributed by atoms with Gasteiger partial charge in [-0.05, 0) is 41.7 Å². The van der Waals surface area contributed by atoms with Crippen molar-refractivity contribution in [3.05, 3.63) is 71.0 Å². The molecule has 0 spiro atoms. The molecule has 3 heterocycles. The van der Waals surface area contributed by atoms with Gasteiger partial charge in [0, 0.05) is 19.6 Å². The molecule has 0 aliphatic carbocycles. The van der Waals surface area contributed by atoms with Crippen molar-refractivity contribution < 1.29 is 18.7 Å². The van der Waals surface area contributed by atoms with Gasteiger partial charge in [0.15, 0.2) is 0 Å². The molecular weight excluding hydrogens is 373 g/mol. The molecule has 2 aromatic rings. The third-order valence-electron chi connectivity index (χ3n) is 5.68. The van der Waals surface area contributed by atoms with E-state index in [2.05, 4.69) is 22.0 Å². The summed E-state index contributed by atoms with van der Waals surface area (Å²) in [5, 5.41) is 0. The molecule has 5 rings (SSSR count). The van der Waals surface area contributed by atoms with E-state index >= 15 is 0 Å². The van der Waals surface area contributed by atoms with Crippen molar-refractivity contribution in [1.29, 1.82) is 0 Å². The SMILES string of the molecule is O=C(O[C@H]1COC(N2CCc3ccccc3[C@@H]2c2ccc(F)cc2)=N1)N1CCC1. The van der Waals surface area contributed by atoms with Gasteiger partial charge in [-0.25, -0.2) is 9.18 Å². The van der Waals surface area contributed by atoms with Crippen molar-refractivity contribution in [2.75, 3.05) is 26.2 Å². The first-order valence-electron chi connectivity index (χ1n) is 9.95. The normalized spacial score (nSPS) is 23.0. The lowest BCUT2D eigenvalue weighted by Gasteiger charge is -2.38. The van der Waals surface area contributed by atoms with E-state index in [9.17, 15) is 9.18 Å². The van der Waals surface area contributed by atoms with E-state index in [4.69, 9.17) is 9.47 Å². The van der Waals surface area contributed by atoms with Crippen LogP contribution in [0, 0.1) is 5.82 Å². The maximum atomic E-state index is 13.5. The molecule has 6 nitrogen and oxygen atoms in total. The van der Waals surface area contributed by atoms with Gasteiger partial charge in [0.05, 0.1) is 6.04 Å². The Kier molecular flexibility index (Phi) is 4.58. The van der Waals surface area contributed by atoms with Gasteiger partial charge in [-0.2, -0.15) is 4.99 Å². The number of likely N-dealkylation sites (tertiary alicyclic amines) is 1. The number of amidine groups is 1. The standard InChI is InChI=1S/C22H22FN3O3/c23-17-8-6-16(7-9-17)20-18-5-2-1-4-15(18)10-13-26(20)21-24-19(14-28-21)29-22(27)25-11-3-12-25/h1-2,4-9,19-20H,3,10-14H2/t19-,20-/m0/s1. The van der Waals surface area contributed by atoms with Crippen molar-refractivity contribution in [2.24, 2.45) is 4.99 Å². The molecule has 1 saturated heterocycles. The number of nitrogens with zero attached hydrogens (tertiary/aromatic N) is 3. The molecule has 1 amide bonds. The van der Waals surface area contributed by atoms with E-state index in [0.29, 0.717) is 12.6 Å². The molecule has 0 saturated carbocycles. The molecule has 2 atom stereocenters. The average Bonchev–Trinajstić information content (AvgIpc) is 3.14. The van der Waals surface area contributed by atoms with Gasteiger partial charge in [0.2, 0.25) is 6.23 Å². The molecule has 0 bridgehead atoms. The monoisotopic (exact) mass is 395 g/mol. The Hall–Kier alpha value is -3.09. The zero-order chi connectivity index (χ0) is 19.8. The predicted molar refractivity (Wildman–Crippen MR) is 105 cm³/mol. The van der Waals surface area contributed by atoms with Crippen molar-refractivity contribution in [2.45, 2.75) is 25.1 Å². The highest BCUT2D eigenvalue weighted by atomic mass is 19.1. The maximum Gasteiger partial charge on any atom is 0.411 e. The number of amides is 1. The maximum absolute atomic E-state index is 13.5. The van der Waals surface area contributed by atoms with E-state index < -0.39 is 6.23 Å². The van der Waals surface area contributed by atoms with Crippen LogP contribution in [0.3, 0.4) is 0 Å². The number of rotatable bonds is 2. The summed E-state index contributed by atoms with van der Waals surface area (Å²) in [6.07, 6.45) is 0.893.